The van der Waals surface area contributed by atoms with Gasteiger partial charge in [0.25, 0.3) is 0 Å². The largest absolute Gasteiger partial charge is 0.493 e. The van der Waals surface area contributed by atoms with Crippen LogP contribution in [0.5, 0.6) is 5.75 Å². The average Bonchev–Trinajstić information content (AvgIpc) is 2.05. The molecule has 1 aliphatic rings. The van der Waals surface area contributed by atoms with Gasteiger partial charge in [0.05, 0.1) is 6.61 Å². The molecular formula is C9H13NO. The highest BCUT2D eigenvalue weighted by atomic mass is 16.5. The lowest BCUT2D eigenvalue weighted by atomic mass is 10.1. The molecule has 2 rings (SSSR count). The molecule has 60 valence electrons. The Morgan fingerprint density at radius 2 is 2.00 bits per heavy atom. The Morgan fingerprint density at radius 1 is 1.18 bits per heavy atom. The van der Waals surface area contributed by atoms with E-state index in [9.17, 15) is 0 Å². The van der Waals surface area contributed by atoms with Crippen LogP contribution in [0.4, 0.5) is 0 Å². The molecule has 1 heterocycles. The van der Waals surface area contributed by atoms with Crippen LogP contribution in [0, 0.1) is 0 Å². The van der Waals surface area contributed by atoms with Crippen LogP contribution in [0.1, 0.15) is 12.0 Å². The monoisotopic (exact) mass is 151 g/mol. The van der Waals surface area contributed by atoms with Crippen molar-refractivity contribution >= 4 is 0 Å². The van der Waals surface area contributed by atoms with Crippen molar-refractivity contribution in [3.63, 3.8) is 0 Å². The molecule has 11 heavy (non-hydrogen) atoms. The molecule has 0 atom stereocenters. The van der Waals surface area contributed by atoms with E-state index >= 15 is 0 Å². The van der Waals surface area contributed by atoms with Crippen molar-refractivity contribution in [2.75, 3.05) is 6.61 Å². The zero-order chi connectivity index (χ0) is 6.81. The van der Waals surface area contributed by atoms with Crippen LogP contribution < -0.4 is 10.9 Å². The van der Waals surface area contributed by atoms with E-state index in [0.29, 0.717) is 0 Å². The minimum Gasteiger partial charge on any atom is -0.493 e. The van der Waals surface area contributed by atoms with Gasteiger partial charge in [-0.25, -0.2) is 0 Å². The summed E-state index contributed by atoms with van der Waals surface area (Å²) in [6, 6.07) is 8.25. The topological polar surface area (TPSA) is 44.2 Å². The molecule has 2 nitrogen and oxygen atoms in total. The molecule has 0 amide bonds. The van der Waals surface area contributed by atoms with Gasteiger partial charge >= 0.3 is 0 Å². The van der Waals surface area contributed by atoms with Gasteiger partial charge in [-0.05, 0) is 24.5 Å². The van der Waals surface area contributed by atoms with Gasteiger partial charge in [-0.3, -0.25) is 0 Å². The van der Waals surface area contributed by atoms with E-state index in [2.05, 4.69) is 12.1 Å². The number of para-hydroxylation sites is 1. The molecule has 0 aliphatic carbocycles. The standard InChI is InChI=1S/C9H10O.H3N/c1-2-6-9-8(4-1)5-3-7-10-9;/h1-2,4,6H,3,5,7H2;1H3. The average molecular weight is 151 g/mol. The maximum Gasteiger partial charge on any atom is 0.122 e. The van der Waals surface area contributed by atoms with Crippen molar-refractivity contribution < 1.29 is 4.74 Å². The quantitative estimate of drug-likeness (QED) is 0.617. The second-order valence-electron chi connectivity index (χ2n) is 2.56. The molecule has 1 aliphatic heterocycles. The fraction of sp³-hybridized carbons (Fsp3) is 0.333. The summed E-state index contributed by atoms with van der Waals surface area (Å²) in [4.78, 5) is 0. The van der Waals surface area contributed by atoms with E-state index in [0.717, 1.165) is 18.8 Å². The maximum absolute atomic E-state index is 5.42. The van der Waals surface area contributed by atoms with Crippen molar-refractivity contribution in [3.8, 4) is 5.75 Å². The molecule has 0 aromatic heterocycles. The number of rotatable bonds is 0. The second kappa shape index (κ2) is 3.39. The third kappa shape index (κ3) is 1.52. The Labute approximate surface area is 66.8 Å². The van der Waals surface area contributed by atoms with E-state index in [1.807, 2.05) is 12.1 Å². The molecule has 2 heteroatoms. The minimum absolute atomic E-state index is 0. The number of aryl methyl sites for hydroxylation is 1. The van der Waals surface area contributed by atoms with E-state index in [4.69, 9.17) is 4.74 Å². The molecule has 0 radical (unpaired) electrons. The normalized spacial score (nSPS) is 14.2. The fourth-order valence-corrected chi connectivity index (χ4v) is 1.30. The van der Waals surface area contributed by atoms with Gasteiger partial charge in [0.15, 0.2) is 0 Å². The number of benzene rings is 1. The lowest BCUT2D eigenvalue weighted by Crippen LogP contribution is -2.07. The molecule has 1 aromatic carbocycles. The molecule has 0 saturated heterocycles. The smallest absolute Gasteiger partial charge is 0.122 e. The zero-order valence-electron chi connectivity index (χ0n) is 6.55. The summed E-state index contributed by atoms with van der Waals surface area (Å²) < 4.78 is 5.42. The van der Waals surface area contributed by atoms with Gasteiger partial charge in [-0.1, -0.05) is 18.2 Å². The summed E-state index contributed by atoms with van der Waals surface area (Å²) in [6.07, 6.45) is 2.34. The highest BCUT2D eigenvalue weighted by Gasteiger charge is 2.06. The van der Waals surface area contributed by atoms with E-state index in [-0.39, 0.29) is 6.15 Å². The molecule has 3 N–H and O–H groups in total. The Hall–Kier alpha value is -1.02. The summed E-state index contributed by atoms with van der Waals surface area (Å²) in [5, 5.41) is 0. The maximum atomic E-state index is 5.42. The fourth-order valence-electron chi connectivity index (χ4n) is 1.30. The molecule has 0 unspecified atom stereocenters. The molecule has 0 fully saturated rings. The summed E-state index contributed by atoms with van der Waals surface area (Å²) in [5.74, 6) is 1.08. The van der Waals surface area contributed by atoms with Gasteiger partial charge in [0.2, 0.25) is 0 Å². The number of hydrogen-bond donors (Lipinski definition) is 1. The van der Waals surface area contributed by atoms with Gasteiger partial charge < -0.3 is 10.9 Å². The van der Waals surface area contributed by atoms with Crippen molar-refractivity contribution in [2.45, 2.75) is 12.8 Å². The van der Waals surface area contributed by atoms with Crippen LogP contribution in [0.3, 0.4) is 0 Å². The Morgan fingerprint density at radius 3 is 2.82 bits per heavy atom. The van der Waals surface area contributed by atoms with Gasteiger partial charge in [0, 0.05) is 0 Å². The summed E-state index contributed by atoms with van der Waals surface area (Å²) >= 11 is 0. The van der Waals surface area contributed by atoms with Gasteiger partial charge in [0.1, 0.15) is 5.75 Å². The number of fused-ring (bicyclic) bond motifs is 1. The lowest BCUT2D eigenvalue weighted by Gasteiger charge is -2.15. The first-order chi connectivity index (χ1) is 4.97. The van der Waals surface area contributed by atoms with Crippen LogP contribution in [-0.2, 0) is 6.42 Å². The van der Waals surface area contributed by atoms with Crippen LogP contribution in [0.2, 0.25) is 0 Å². The number of hydrogen-bond acceptors (Lipinski definition) is 2. The Balaban J connectivity index is 0.000000605. The molecule has 1 aromatic rings. The Bertz CT molecular complexity index is 210. The van der Waals surface area contributed by atoms with Gasteiger partial charge in [-0.2, -0.15) is 0 Å². The van der Waals surface area contributed by atoms with E-state index in [1.54, 1.807) is 0 Å². The van der Waals surface area contributed by atoms with E-state index in [1.165, 1.54) is 12.0 Å². The highest BCUT2D eigenvalue weighted by Crippen LogP contribution is 2.22. The van der Waals surface area contributed by atoms with E-state index < -0.39 is 0 Å². The zero-order valence-corrected chi connectivity index (χ0v) is 6.55. The first kappa shape index (κ1) is 8.08. The van der Waals surface area contributed by atoms with Crippen molar-refractivity contribution in [1.82, 2.24) is 6.15 Å². The third-order valence-corrected chi connectivity index (χ3v) is 1.82. The summed E-state index contributed by atoms with van der Waals surface area (Å²) in [6.45, 7) is 0.886. The Kier molecular flexibility index (Phi) is 2.49. The first-order valence-electron chi connectivity index (χ1n) is 3.67. The third-order valence-electron chi connectivity index (χ3n) is 1.82. The van der Waals surface area contributed by atoms with Crippen LogP contribution in [0.25, 0.3) is 0 Å². The predicted octanol–water partition coefficient (Wildman–Crippen LogP) is 2.17. The molecule has 0 spiro atoms. The molecule has 0 saturated carbocycles. The second-order valence-corrected chi connectivity index (χ2v) is 2.56. The highest BCUT2D eigenvalue weighted by molar-refractivity contribution is 5.34. The summed E-state index contributed by atoms with van der Waals surface area (Å²) in [5.41, 5.74) is 1.36. The SMILES string of the molecule is N.c1ccc2c(c1)CCCO2. The first-order valence-corrected chi connectivity index (χ1v) is 3.67. The molecular weight excluding hydrogens is 138 g/mol. The van der Waals surface area contributed by atoms with Crippen molar-refractivity contribution in [1.29, 1.82) is 0 Å². The van der Waals surface area contributed by atoms with Gasteiger partial charge in [-0.15, -0.1) is 0 Å². The lowest BCUT2D eigenvalue weighted by molar-refractivity contribution is 0.288. The predicted molar refractivity (Wildman–Crippen MR) is 45.3 cm³/mol. The van der Waals surface area contributed by atoms with Crippen LogP contribution >= 0.6 is 0 Å². The van der Waals surface area contributed by atoms with Crippen LogP contribution in [0.15, 0.2) is 24.3 Å². The number of ether oxygens (including phenoxy) is 1. The van der Waals surface area contributed by atoms with Crippen molar-refractivity contribution in [2.24, 2.45) is 0 Å². The minimum atomic E-state index is 0. The van der Waals surface area contributed by atoms with Crippen molar-refractivity contribution in [3.05, 3.63) is 29.8 Å². The van der Waals surface area contributed by atoms with Crippen LogP contribution in [-0.4, -0.2) is 6.61 Å². The molecule has 0 bridgehead atoms. The summed E-state index contributed by atoms with van der Waals surface area (Å²) in [7, 11) is 0.